The van der Waals surface area contributed by atoms with Gasteiger partial charge >= 0.3 is 12.1 Å². The quantitative estimate of drug-likeness (QED) is 0.582. The van der Waals surface area contributed by atoms with E-state index in [1.165, 1.54) is 7.11 Å². The fourth-order valence-electron chi connectivity index (χ4n) is 3.13. The molecule has 0 aliphatic rings. The van der Waals surface area contributed by atoms with E-state index < -0.39 is 29.6 Å². The van der Waals surface area contributed by atoms with Gasteiger partial charge in [-0.25, -0.2) is 19.5 Å². The van der Waals surface area contributed by atoms with Crippen molar-refractivity contribution in [2.45, 2.75) is 39.0 Å². The van der Waals surface area contributed by atoms with Crippen LogP contribution in [0.15, 0.2) is 60.9 Å². The number of nitrogens with zero attached hydrogens (tertiary/aromatic N) is 3. The summed E-state index contributed by atoms with van der Waals surface area (Å²) in [4.78, 5) is 44.3. The molecule has 0 fully saturated rings. The van der Waals surface area contributed by atoms with Crippen molar-refractivity contribution in [3.05, 3.63) is 66.5 Å². The van der Waals surface area contributed by atoms with Crippen molar-refractivity contribution < 1.29 is 23.9 Å². The number of methoxy groups -OCH3 is 1. The molecule has 31 heavy (non-hydrogen) atoms. The summed E-state index contributed by atoms with van der Waals surface area (Å²) in [5, 5.41) is 0.865. The van der Waals surface area contributed by atoms with Gasteiger partial charge in [0.1, 0.15) is 11.2 Å². The molecule has 0 spiro atoms. The van der Waals surface area contributed by atoms with Gasteiger partial charge in [0.2, 0.25) is 0 Å². The number of amides is 2. The molecule has 0 unspecified atom stereocenters. The van der Waals surface area contributed by atoms with Gasteiger partial charge in [0.05, 0.1) is 13.7 Å². The highest BCUT2D eigenvalue weighted by Crippen LogP contribution is 2.20. The first kappa shape index (κ1) is 22.0. The summed E-state index contributed by atoms with van der Waals surface area (Å²) in [6, 6.07) is 12.5. The topological polar surface area (TPSA) is 90.7 Å². The third kappa shape index (κ3) is 5.09. The normalized spacial score (nSPS) is 12.3. The van der Waals surface area contributed by atoms with Gasteiger partial charge in [-0.05, 0) is 51.1 Å². The average Bonchev–Trinajstić information content (AvgIpc) is 3.15. The lowest BCUT2D eigenvalue weighted by Gasteiger charge is -2.31. The molecular weight excluding hydrogens is 398 g/mol. The number of ether oxygens (including phenoxy) is 2. The third-order valence-electron chi connectivity index (χ3n) is 4.51. The molecule has 0 bridgehead atoms. The molecule has 0 saturated carbocycles. The number of pyridine rings is 1. The third-order valence-corrected chi connectivity index (χ3v) is 4.51. The van der Waals surface area contributed by atoms with Crippen LogP contribution in [0.2, 0.25) is 0 Å². The van der Waals surface area contributed by atoms with Crippen molar-refractivity contribution in [1.29, 1.82) is 0 Å². The van der Waals surface area contributed by atoms with Crippen LogP contribution in [0, 0.1) is 0 Å². The van der Waals surface area contributed by atoms with Crippen LogP contribution in [0.4, 0.5) is 4.79 Å². The molecule has 0 aliphatic carbocycles. The molecule has 3 aromatic rings. The summed E-state index contributed by atoms with van der Waals surface area (Å²) in [6.07, 6.45) is 2.45. The molecule has 2 heterocycles. The molecule has 2 aromatic heterocycles. The van der Waals surface area contributed by atoms with Gasteiger partial charge in [-0.2, -0.15) is 0 Å². The molecule has 8 heteroatoms. The fraction of sp³-hybridized carbons (Fsp3) is 0.304. The number of hydrogen-bond acceptors (Lipinski definition) is 6. The van der Waals surface area contributed by atoms with E-state index in [1.54, 1.807) is 74.1 Å². The van der Waals surface area contributed by atoms with E-state index in [0.717, 1.165) is 10.3 Å². The van der Waals surface area contributed by atoms with E-state index in [1.807, 2.05) is 12.1 Å². The molecule has 0 radical (unpaired) electrons. The SMILES string of the molecule is COC(=O)[C@H](Cn1ccc2cccnc21)N(C(=O)OC(C)(C)C)C(=O)c1ccccc1. The van der Waals surface area contributed by atoms with Crippen LogP contribution in [0.3, 0.4) is 0 Å². The maximum Gasteiger partial charge on any atom is 0.418 e. The Morgan fingerprint density at radius 2 is 1.77 bits per heavy atom. The van der Waals surface area contributed by atoms with Crippen molar-refractivity contribution in [2.75, 3.05) is 7.11 Å². The van der Waals surface area contributed by atoms with Crippen molar-refractivity contribution >= 4 is 29.0 Å². The molecule has 1 aromatic carbocycles. The molecule has 0 N–H and O–H groups in total. The van der Waals surface area contributed by atoms with Crippen LogP contribution in [-0.4, -0.2) is 51.2 Å². The minimum Gasteiger partial charge on any atom is -0.467 e. The highest BCUT2D eigenvalue weighted by molar-refractivity contribution is 6.05. The molecule has 162 valence electrons. The van der Waals surface area contributed by atoms with Crippen LogP contribution < -0.4 is 0 Å². The van der Waals surface area contributed by atoms with Gasteiger partial charge in [0, 0.05) is 23.3 Å². The number of carbonyl (C=O) groups is 3. The van der Waals surface area contributed by atoms with Gasteiger partial charge in [-0.15, -0.1) is 0 Å². The van der Waals surface area contributed by atoms with E-state index in [9.17, 15) is 14.4 Å². The predicted molar refractivity (Wildman–Crippen MR) is 114 cm³/mol. The first-order chi connectivity index (χ1) is 14.7. The summed E-state index contributed by atoms with van der Waals surface area (Å²) in [5.41, 5.74) is -0.000236. The minimum absolute atomic E-state index is 0.0367. The average molecular weight is 423 g/mol. The van der Waals surface area contributed by atoms with Crippen LogP contribution >= 0.6 is 0 Å². The second-order valence-corrected chi connectivity index (χ2v) is 7.94. The molecular formula is C23H25N3O5. The summed E-state index contributed by atoms with van der Waals surface area (Å²) in [7, 11) is 1.21. The van der Waals surface area contributed by atoms with E-state index in [0.29, 0.717) is 5.65 Å². The Bertz CT molecular complexity index is 1090. The first-order valence-corrected chi connectivity index (χ1v) is 9.80. The van der Waals surface area contributed by atoms with Crippen LogP contribution in [0.5, 0.6) is 0 Å². The van der Waals surface area contributed by atoms with Gasteiger partial charge in [-0.3, -0.25) is 4.79 Å². The number of imide groups is 1. The predicted octanol–water partition coefficient (Wildman–Crippen LogP) is 3.66. The van der Waals surface area contributed by atoms with Crippen molar-refractivity contribution in [1.82, 2.24) is 14.5 Å². The van der Waals surface area contributed by atoms with E-state index in [-0.39, 0.29) is 12.1 Å². The first-order valence-electron chi connectivity index (χ1n) is 9.80. The minimum atomic E-state index is -1.26. The summed E-state index contributed by atoms with van der Waals surface area (Å²) in [5.74, 6) is -1.40. The molecule has 8 nitrogen and oxygen atoms in total. The van der Waals surface area contributed by atoms with Crippen molar-refractivity contribution in [3.63, 3.8) is 0 Å². The van der Waals surface area contributed by atoms with Gasteiger partial charge in [0.15, 0.2) is 6.04 Å². The van der Waals surface area contributed by atoms with E-state index >= 15 is 0 Å². The summed E-state index contributed by atoms with van der Waals surface area (Å²) < 4.78 is 12.1. The zero-order valence-electron chi connectivity index (χ0n) is 17.9. The van der Waals surface area contributed by atoms with E-state index in [2.05, 4.69) is 4.98 Å². The Morgan fingerprint density at radius 1 is 1.06 bits per heavy atom. The lowest BCUT2D eigenvalue weighted by molar-refractivity contribution is -0.146. The fourth-order valence-corrected chi connectivity index (χ4v) is 3.13. The number of esters is 1. The Kier molecular flexibility index (Phi) is 6.39. The lowest BCUT2D eigenvalue weighted by Crippen LogP contribution is -2.52. The molecule has 2 amide bonds. The van der Waals surface area contributed by atoms with Crippen LogP contribution in [-0.2, 0) is 20.8 Å². The Balaban J connectivity index is 2.05. The van der Waals surface area contributed by atoms with Crippen molar-refractivity contribution in [3.8, 4) is 0 Å². The number of fused-ring (bicyclic) bond motifs is 1. The molecule has 0 saturated heterocycles. The zero-order chi connectivity index (χ0) is 22.6. The second kappa shape index (κ2) is 8.99. The van der Waals surface area contributed by atoms with Crippen molar-refractivity contribution in [2.24, 2.45) is 0 Å². The van der Waals surface area contributed by atoms with Gasteiger partial charge in [-0.1, -0.05) is 18.2 Å². The summed E-state index contributed by atoms with van der Waals surface area (Å²) >= 11 is 0. The number of hydrogen-bond donors (Lipinski definition) is 0. The lowest BCUT2D eigenvalue weighted by atomic mass is 10.1. The smallest absolute Gasteiger partial charge is 0.418 e. The van der Waals surface area contributed by atoms with Gasteiger partial charge < -0.3 is 14.0 Å². The van der Waals surface area contributed by atoms with Crippen LogP contribution in [0.1, 0.15) is 31.1 Å². The number of rotatable bonds is 5. The Morgan fingerprint density at radius 3 is 2.42 bits per heavy atom. The maximum absolute atomic E-state index is 13.3. The number of aromatic nitrogens is 2. The molecule has 1 atom stereocenters. The molecule has 0 aliphatic heterocycles. The standard InChI is InChI=1S/C23H25N3O5/c1-23(2,3)31-22(29)26(20(27)17-9-6-5-7-10-17)18(21(28)30-4)15-25-14-12-16-11-8-13-24-19(16)25/h5-14,18H,15H2,1-4H3/t18-/m0/s1. The van der Waals surface area contributed by atoms with Crippen LogP contribution in [0.25, 0.3) is 11.0 Å². The Hall–Kier alpha value is -3.68. The number of carbonyl (C=O) groups excluding carboxylic acids is 3. The van der Waals surface area contributed by atoms with E-state index in [4.69, 9.17) is 9.47 Å². The highest BCUT2D eigenvalue weighted by atomic mass is 16.6. The highest BCUT2D eigenvalue weighted by Gasteiger charge is 2.39. The summed E-state index contributed by atoms with van der Waals surface area (Å²) in [6.45, 7) is 5.02. The number of benzene rings is 1. The second-order valence-electron chi connectivity index (χ2n) is 7.94. The maximum atomic E-state index is 13.3. The zero-order valence-corrected chi connectivity index (χ0v) is 17.9. The largest absolute Gasteiger partial charge is 0.467 e. The Labute approximate surface area is 180 Å². The molecule has 3 rings (SSSR count). The van der Waals surface area contributed by atoms with Gasteiger partial charge in [0.25, 0.3) is 5.91 Å². The monoisotopic (exact) mass is 423 g/mol.